The molecule has 2 aromatic rings. The second-order valence-corrected chi connectivity index (χ2v) is 7.73. The van der Waals surface area contributed by atoms with Gasteiger partial charge in [0.2, 0.25) is 0 Å². The molecule has 1 atom stereocenters. The summed E-state index contributed by atoms with van der Waals surface area (Å²) in [7, 11) is 0. The number of ether oxygens (including phenoxy) is 1. The first-order chi connectivity index (χ1) is 13.4. The topological polar surface area (TPSA) is 74.4 Å². The second-order valence-electron chi connectivity index (χ2n) is 7.73. The maximum atomic E-state index is 12.7. The molecule has 0 saturated carbocycles. The molecule has 1 fully saturated rings. The molecule has 1 saturated heterocycles. The number of rotatable bonds is 6. The lowest BCUT2D eigenvalue weighted by molar-refractivity contribution is 0.0376. The highest BCUT2D eigenvalue weighted by molar-refractivity contribution is 6.00. The van der Waals surface area contributed by atoms with Crippen LogP contribution in [0.2, 0.25) is 0 Å². The zero-order valence-corrected chi connectivity index (χ0v) is 17.0. The van der Waals surface area contributed by atoms with Gasteiger partial charge in [0.1, 0.15) is 5.69 Å². The van der Waals surface area contributed by atoms with Gasteiger partial charge in [-0.25, -0.2) is 4.79 Å². The van der Waals surface area contributed by atoms with E-state index < -0.39 is 5.97 Å². The molecule has 28 heavy (non-hydrogen) atoms. The molecule has 3 rings (SSSR count). The van der Waals surface area contributed by atoms with E-state index in [4.69, 9.17) is 4.74 Å². The molecule has 1 unspecified atom stereocenters. The molecule has 1 aromatic heterocycles. The molecule has 1 amide bonds. The van der Waals surface area contributed by atoms with E-state index in [9.17, 15) is 9.59 Å². The predicted octanol–water partition coefficient (Wildman–Crippen LogP) is 3.45. The van der Waals surface area contributed by atoms with Crippen LogP contribution in [0.15, 0.2) is 30.3 Å². The molecule has 0 spiro atoms. The molecule has 0 bridgehead atoms. The van der Waals surface area contributed by atoms with Gasteiger partial charge in [0.25, 0.3) is 5.91 Å². The zero-order valence-electron chi connectivity index (χ0n) is 17.0. The summed E-state index contributed by atoms with van der Waals surface area (Å²) in [5.41, 5.74) is 3.41. The van der Waals surface area contributed by atoms with Crippen LogP contribution in [-0.4, -0.2) is 42.6 Å². The minimum Gasteiger partial charge on any atom is -0.459 e. The number of benzene rings is 1. The number of hydrogen-bond donors (Lipinski definition) is 2. The molecule has 1 aliphatic rings. The third-order valence-corrected chi connectivity index (χ3v) is 5.17. The van der Waals surface area contributed by atoms with E-state index in [1.54, 1.807) is 13.8 Å². The number of nitrogens with zero attached hydrogens (tertiary/aromatic N) is 1. The van der Waals surface area contributed by atoms with Crippen molar-refractivity contribution in [2.24, 2.45) is 5.92 Å². The number of carbonyl (C=O) groups is 2. The maximum Gasteiger partial charge on any atom is 0.340 e. The van der Waals surface area contributed by atoms with Crippen molar-refractivity contribution in [1.82, 2.24) is 10.3 Å². The highest BCUT2D eigenvalue weighted by Gasteiger charge is 2.26. The molecule has 6 nitrogen and oxygen atoms in total. The van der Waals surface area contributed by atoms with Gasteiger partial charge in [-0.05, 0) is 57.7 Å². The average molecular weight is 383 g/mol. The Labute approximate surface area is 166 Å². The monoisotopic (exact) mass is 383 g/mol. The van der Waals surface area contributed by atoms with E-state index in [-0.39, 0.29) is 12.0 Å². The third-order valence-electron chi connectivity index (χ3n) is 5.17. The molecule has 0 radical (unpaired) electrons. The van der Waals surface area contributed by atoms with Crippen LogP contribution in [0.1, 0.15) is 52.4 Å². The number of para-hydroxylation sites is 1. The Kier molecular flexibility index (Phi) is 6.07. The van der Waals surface area contributed by atoms with Gasteiger partial charge in [-0.15, -0.1) is 0 Å². The van der Waals surface area contributed by atoms with Crippen molar-refractivity contribution in [3.63, 3.8) is 0 Å². The summed E-state index contributed by atoms with van der Waals surface area (Å²) >= 11 is 0. The molecule has 150 valence electrons. The summed E-state index contributed by atoms with van der Waals surface area (Å²) in [4.78, 5) is 30.4. The van der Waals surface area contributed by atoms with Gasteiger partial charge in [-0.3, -0.25) is 4.79 Å². The van der Waals surface area contributed by atoms with Crippen molar-refractivity contribution < 1.29 is 14.3 Å². The molecule has 6 heteroatoms. The van der Waals surface area contributed by atoms with Crippen molar-refractivity contribution in [3.8, 4) is 0 Å². The minimum atomic E-state index is -0.394. The van der Waals surface area contributed by atoms with Crippen LogP contribution < -0.4 is 10.2 Å². The Bertz CT molecular complexity index is 842. The first kappa shape index (κ1) is 20.0. The van der Waals surface area contributed by atoms with Gasteiger partial charge in [0, 0.05) is 31.0 Å². The van der Waals surface area contributed by atoms with Crippen LogP contribution in [0.25, 0.3) is 0 Å². The first-order valence-corrected chi connectivity index (χ1v) is 9.85. The van der Waals surface area contributed by atoms with Crippen molar-refractivity contribution in [1.29, 1.82) is 0 Å². The number of hydrogen-bond acceptors (Lipinski definition) is 4. The number of nitrogens with one attached hydrogen (secondary N) is 2. The number of carbonyl (C=O) groups excluding carboxylic acids is 2. The van der Waals surface area contributed by atoms with Crippen molar-refractivity contribution in [2.45, 2.75) is 40.2 Å². The fourth-order valence-electron chi connectivity index (χ4n) is 3.75. The average Bonchev–Trinajstić information content (AvgIpc) is 3.24. The predicted molar refractivity (Wildman–Crippen MR) is 110 cm³/mol. The highest BCUT2D eigenvalue weighted by Crippen LogP contribution is 2.23. The Morgan fingerprint density at radius 1 is 1.25 bits per heavy atom. The summed E-state index contributed by atoms with van der Waals surface area (Å²) < 4.78 is 5.29. The largest absolute Gasteiger partial charge is 0.459 e. The lowest BCUT2D eigenvalue weighted by atomic mass is 10.1. The van der Waals surface area contributed by atoms with Crippen LogP contribution >= 0.6 is 0 Å². The maximum absolute atomic E-state index is 12.7. The fourth-order valence-corrected chi connectivity index (χ4v) is 3.75. The molecule has 1 aliphatic heterocycles. The Morgan fingerprint density at radius 3 is 2.64 bits per heavy atom. The van der Waals surface area contributed by atoms with Crippen LogP contribution in [0, 0.1) is 19.8 Å². The zero-order chi connectivity index (χ0) is 20.3. The van der Waals surface area contributed by atoms with E-state index in [0.29, 0.717) is 35.0 Å². The molecule has 1 aromatic carbocycles. The smallest absolute Gasteiger partial charge is 0.340 e. The first-order valence-electron chi connectivity index (χ1n) is 9.85. The van der Waals surface area contributed by atoms with Gasteiger partial charge in [-0.1, -0.05) is 18.2 Å². The number of esters is 1. The Morgan fingerprint density at radius 2 is 1.96 bits per heavy atom. The van der Waals surface area contributed by atoms with Gasteiger partial charge >= 0.3 is 5.97 Å². The quantitative estimate of drug-likeness (QED) is 0.749. The van der Waals surface area contributed by atoms with Crippen molar-refractivity contribution in [3.05, 3.63) is 52.8 Å². The summed E-state index contributed by atoms with van der Waals surface area (Å²) in [6.45, 7) is 9.73. The van der Waals surface area contributed by atoms with E-state index in [2.05, 4.69) is 27.3 Å². The summed E-state index contributed by atoms with van der Waals surface area (Å²) in [6.07, 6.45) is 0.845. The highest BCUT2D eigenvalue weighted by atomic mass is 16.5. The molecular formula is C22H29N3O3. The van der Waals surface area contributed by atoms with E-state index >= 15 is 0 Å². The van der Waals surface area contributed by atoms with E-state index in [1.165, 1.54) is 5.69 Å². The summed E-state index contributed by atoms with van der Waals surface area (Å²) in [5, 5.41) is 3.03. The van der Waals surface area contributed by atoms with Crippen LogP contribution in [-0.2, 0) is 4.74 Å². The Hall–Kier alpha value is -2.76. The normalized spacial score (nSPS) is 16.5. The SMILES string of the molecule is Cc1[nH]c(C(=O)NCC2CCN(c3ccccc3)C2)c(C)c1C(=O)OC(C)C. The number of H-pyrrole nitrogens is 1. The van der Waals surface area contributed by atoms with Crippen LogP contribution in [0.5, 0.6) is 0 Å². The summed E-state index contributed by atoms with van der Waals surface area (Å²) in [5.74, 6) is -0.164. The van der Waals surface area contributed by atoms with Gasteiger partial charge < -0.3 is 19.9 Å². The fraction of sp³-hybridized carbons (Fsp3) is 0.455. The molecule has 2 N–H and O–H groups in total. The number of aryl methyl sites for hydroxylation is 1. The lowest BCUT2D eigenvalue weighted by Gasteiger charge is -2.18. The second kappa shape index (κ2) is 8.50. The van der Waals surface area contributed by atoms with Crippen molar-refractivity contribution >= 4 is 17.6 Å². The van der Waals surface area contributed by atoms with E-state index in [0.717, 1.165) is 19.5 Å². The molecule has 0 aliphatic carbocycles. The molecule has 2 heterocycles. The van der Waals surface area contributed by atoms with E-state index in [1.807, 2.05) is 32.0 Å². The lowest BCUT2D eigenvalue weighted by Crippen LogP contribution is -2.31. The van der Waals surface area contributed by atoms with Gasteiger partial charge in [0.15, 0.2) is 0 Å². The summed E-state index contributed by atoms with van der Waals surface area (Å²) in [6, 6.07) is 10.3. The number of anilines is 1. The third kappa shape index (κ3) is 4.38. The number of amides is 1. The standard InChI is InChI=1S/C22H29N3O3/c1-14(2)28-22(27)19-15(3)20(24-16(19)4)21(26)23-12-17-10-11-25(13-17)18-8-6-5-7-9-18/h5-9,14,17,24H,10-13H2,1-4H3,(H,23,26). The van der Waals surface area contributed by atoms with Gasteiger partial charge in [-0.2, -0.15) is 0 Å². The van der Waals surface area contributed by atoms with Crippen LogP contribution in [0.3, 0.4) is 0 Å². The Balaban J connectivity index is 1.59. The number of aromatic amines is 1. The van der Waals surface area contributed by atoms with Crippen LogP contribution in [0.4, 0.5) is 5.69 Å². The van der Waals surface area contributed by atoms with Gasteiger partial charge in [0.05, 0.1) is 11.7 Å². The molecular weight excluding hydrogens is 354 g/mol. The minimum absolute atomic E-state index is 0.178. The van der Waals surface area contributed by atoms with Crippen molar-refractivity contribution in [2.75, 3.05) is 24.5 Å². The number of aromatic nitrogens is 1.